The minimum Gasteiger partial charge on any atom is -0.427 e. The Morgan fingerprint density at radius 1 is 1.08 bits per heavy atom. The van der Waals surface area contributed by atoms with E-state index in [-0.39, 0.29) is 17.6 Å². The molecule has 0 atom stereocenters. The normalized spacial score (nSPS) is 10.4. The highest BCUT2D eigenvalue weighted by molar-refractivity contribution is 7.99. The molecule has 132 valence electrons. The highest BCUT2D eigenvalue weighted by Crippen LogP contribution is 2.28. The molecule has 2 rings (SSSR count). The fraction of sp³-hybridized carbons (Fsp3) is 0.222. The molecular formula is C18H17Cl2NO3S. The number of anilines is 1. The Kier molecular flexibility index (Phi) is 7.62. The maximum atomic E-state index is 12.0. The lowest BCUT2D eigenvalue weighted by Crippen LogP contribution is -2.14. The van der Waals surface area contributed by atoms with Crippen LogP contribution in [0.4, 0.5) is 5.69 Å². The lowest BCUT2D eigenvalue weighted by atomic mass is 10.2. The van der Waals surface area contributed by atoms with E-state index in [0.717, 1.165) is 5.56 Å². The number of hydrogen-bond donors (Lipinski definition) is 1. The van der Waals surface area contributed by atoms with Crippen molar-refractivity contribution in [2.75, 3.05) is 11.1 Å². The maximum absolute atomic E-state index is 12.0. The van der Waals surface area contributed by atoms with Gasteiger partial charge in [0.15, 0.2) is 0 Å². The van der Waals surface area contributed by atoms with E-state index in [9.17, 15) is 9.59 Å². The summed E-state index contributed by atoms with van der Waals surface area (Å²) in [5, 5.41) is 3.98. The molecule has 0 spiro atoms. The van der Waals surface area contributed by atoms with Crippen LogP contribution in [0.2, 0.25) is 10.0 Å². The van der Waals surface area contributed by atoms with Gasteiger partial charge >= 0.3 is 5.97 Å². The van der Waals surface area contributed by atoms with Crippen molar-refractivity contribution in [2.45, 2.75) is 19.1 Å². The van der Waals surface area contributed by atoms with E-state index in [2.05, 4.69) is 5.32 Å². The van der Waals surface area contributed by atoms with Crippen molar-refractivity contribution in [2.24, 2.45) is 0 Å². The number of benzene rings is 2. The summed E-state index contributed by atoms with van der Waals surface area (Å²) in [5.74, 6) is 0.844. The quantitative estimate of drug-likeness (QED) is 0.516. The molecule has 0 aromatic heterocycles. The molecule has 0 saturated carbocycles. The monoisotopic (exact) mass is 397 g/mol. The molecular weight excluding hydrogens is 381 g/mol. The van der Waals surface area contributed by atoms with E-state index in [4.69, 9.17) is 27.9 Å². The summed E-state index contributed by atoms with van der Waals surface area (Å²) in [6, 6.07) is 12.0. The fourth-order valence-electron chi connectivity index (χ4n) is 1.92. The molecule has 25 heavy (non-hydrogen) atoms. The molecule has 7 heteroatoms. The first kappa shape index (κ1) is 19.6. The van der Waals surface area contributed by atoms with Crippen molar-refractivity contribution >= 4 is 52.5 Å². The molecule has 4 nitrogen and oxygen atoms in total. The maximum Gasteiger partial charge on any atom is 0.310 e. The second-order valence-electron chi connectivity index (χ2n) is 5.09. The molecule has 1 N–H and O–H groups in total. The topological polar surface area (TPSA) is 55.4 Å². The van der Waals surface area contributed by atoms with Crippen molar-refractivity contribution in [3.63, 3.8) is 0 Å². The van der Waals surface area contributed by atoms with Crippen LogP contribution in [0.15, 0.2) is 42.5 Å². The van der Waals surface area contributed by atoms with Gasteiger partial charge in [0.05, 0.1) is 5.75 Å². The van der Waals surface area contributed by atoms with Crippen LogP contribution in [0.1, 0.15) is 18.9 Å². The largest absolute Gasteiger partial charge is 0.427 e. The van der Waals surface area contributed by atoms with Gasteiger partial charge in [-0.1, -0.05) is 36.2 Å². The average molecular weight is 398 g/mol. The highest BCUT2D eigenvalue weighted by Gasteiger charge is 2.08. The summed E-state index contributed by atoms with van der Waals surface area (Å²) < 4.78 is 5.08. The minimum absolute atomic E-state index is 0.133. The van der Waals surface area contributed by atoms with Gasteiger partial charge in [-0.3, -0.25) is 9.59 Å². The molecule has 2 aromatic rings. The standard InChI is InChI=1S/C18H17Cl2NO3S/c1-2-18(23)24-13-8-6-12(7-9-13)21-17(22)11-25-10-14-15(19)4-3-5-16(14)20/h3-9H,2,10-11H2,1H3,(H,21,22). The molecule has 1 amide bonds. The second-order valence-corrected chi connectivity index (χ2v) is 6.89. The van der Waals surface area contributed by atoms with E-state index < -0.39 is 0 Å². The molecule has 2 aromatic carbocycles. The van der Waals surface area contributed by atoms with Crippen molar-refractivity contribution in [1.82, 2.24) is 0 Å². The third kappa shape index (κ3) is 6.27. The van der Waals surface area contributed by atoms with Crippen LogP contribution in [0.5, 0.6) is 5.75 Å². The van der Waals surface area contributed by atoms with E-state index >= 15 is 0 Å². The first-order chi connectivity index (χ1) is 12.0. The summed E-state index contributed by atoms with van der Waals surface area (Å²) in [4.78, 5) is 23.2. The number of halogens is 2. The van der Waals surface area contributed by atoms with Gasteiger partial charge in [0.1, 0.15) is 5.75 Å². The Bertz CT molecular complexity index is 730. The molecule has 0 bridgehead atoms. The third-order valence-corrected chi connectivity index (χ3v) is 4.87. The van der Waals surface area contributed by atoms with Gasteiger partial charge in [-0.25, -0.2) is 0 Å². The zero-order valence-corrected chi connectivity index (χ0v) is 15.9. The summed E-state index contributed by atoms with van der Waals surface area (Å²) >= 11 is 13.6. The Morgan fingerprint density at radius 2 is 1.72 bits per heavy atom. The molecule has 0 saturated heterocycles. The molecule has 0 aliphatic carbocycles. The smallest absolute Gasteiger partial charge is 0.310 e. The van der Waals surface area contributed by atoms with Crippen molar-refractivity contribution < 1.29 is 14.3 Å². The van der Waals surface area contributed by atoms with E-state index in [0.29, 0.717) is 33.7 Å². The summed E-state index contributed by atoms with van der Waals surface area (Å²) in [6.07, 6.45) is 0.311. The van der Waals surface area contributed by atoms with Gasteiger partial charge < -0.3 is 10.1 Å². The predicted molar refractivity (Wildman–Crippen MR) is 104 cm³/mol. The fourth-order valence-corrected chi connectivity index (χ4v) is 3.49. The minimum atomic E-state index is -0.300. The van der Waals surface area contributed by atoms with E-state index in [1.165, 1.54) is 11.8 Å². The van der Waals surface area contributed by atoms with Crippen molar-refractivity contribution in [3.05, 3.63) is 58.1 Å². The molecule has 0 aliphatic heterocycles. The number of esters is 1. The molecule has 0 aliphatic rings. The first-order valence-electron chi connectivity index (χ1n) is 7.60. The number of hydrogen-bond acceptors (Lipinski definition) is 4. The van der Waals surface area contributed by atoms with Gasteiger partial charge in [0, 0.05) is 27.9 Å². The first-order valence-corrected chi connectivity index (χ1v) is 9.52. The van der Waals surface area contributed by atoms with E-state index in [1.54, 1.807) is 49.4 Å². The lowest BCUT2D eigenvalue weighted by molar-refractivity contribution is -0.134. The highest BCUT2D eigenvalue weighted by atomic mass is 35.5. The van der Waals surface area contributed by atoms with Crippen molar-refractivity contribution in [3.8, 4) is 5.75 Å². The predicted octanol–water partition coefficient (Wildman–Crippen LogP) is 5.18. The van der Waals surface area contributed by atoms with Crippen LogP contribution < -0.4 is 10.1 Å². The van der Waals surface area contributed by atoms with Gasteiger partial charge in [-0.15, -0.1) is 11.8 Å². The number of rotatable bonds is 7. The van der Waals surface area contributed by atoms with Gasteiger partial charge in [-0.2, -0.15) is 0 Å². The number of ether oxygens (including phenoxy) is 1. The summed E-state index contributed by atoms with van der Waals surface area (Å²) in [7, 11) is 0. The SMILES string of the molecule is CCC(=O)Oc1ccc(NC(=O)CSCc2c(Cl)cccc2Cl)cc1. The molecule has 0 radical (unpaired) electrons. The molecule has 0 heterocycles. The number of carbonyl (C=O) groups is 2. The third-order valence-electron chi connectivity index (χ3n) is 3.20. The van der Waals surface area contributed by atoms with Gasteiger partial charge in [-0.05, 0) is 42.0 Å². The van der Waals surface area contributed by atoms with Crippen LogP contribution in [-0.2, 0) is 15.3 Å². The molecule has 0 unspecified atom stereocenters. The van der Waals surface area contributed by atoms with Crippen LogP contribution in [0, 0.1) is 0 Å². The Balaban J connectivity index is 1.81. The van der Waals surface area contributed by atoms with Crippen LogP contribution in [0.3, 0.4) is 0 Å². The average Bonchev–Trinajstić information content (AvgIpc) is 2.59. The number of carbonyl (C=O) groups excluding carboxylic acids is 2. The lowest BCUT2D eigenvalue weighted by Gasteiger charge is -2.08. The van der Waals surface area contributed by atoms with Crippen LogP contribution in [0.25, 0.3) is 0 Å². The zero-order chi connectivity index (χ0) is 18.2. The Morgan fingerprint density at radius 3 is 2.32 bits per heavy atom. The van der Waals surface area contributed by atoms with E-state index in [1.807, 2.05) is 0 Å². The number of amides is 1. The molecule has 0 fully saturated rings. The van der Waals surface area contributed by atoms with Crippen molar-refractivity contribution in [1.29, 1.82) is 0 Å². The summed E-state index contributed by atoms with van der Waals surface area (Å²) in [5.41, 5.74) is 1.46. The van der Waals surface area contributed by atoms with Gasteiger partial charge in [0.2, 0.25) is 5.91 Å². The Labute approximate surface area is 160 Å². The second kappa shape index (κ2) is 9.70. The van der Waals surface area contributed by atoms with Crippen LogP contribution in [-0.4, -0.2) is 17.6 Å². The van der Waals surface area contributed by atoms with Crippen LogP contribution >= 0.6 is 35.0 Å². The van der Waals surface area contributed by atoms with Gasteiger partial charge in [0.25, 0.3) is 0 Å². The number of thioether (sulfide) groups is 1. The zero-order valence-electron chi connectivity index (χ0n) is 13.6. The summed E-state index contributed by atoms with van der Waals surface area (Å²) in [6.45, 7) is 1.73. The Hall–Kier alpha value is -1.69. The number of nitrogens with one attached hydrogen (secondary N) is 1.